The standard InChI is InChI=1S/C21H16FN3OS/c22-17-7-9-18(10-8-17)24-20(26)12-13-27-21-16(14-23)6-11-19(25-21)15-4-2-1-3-5-15/h1-11H,12-13H2,(H,24,26). The first-order valence-electron chi connectivity index (χ1n) is 8.30. The minimum Gasteiger partial charge on any atom is -0.326 e. The molecule has 0 aliphatic carbocycles. The maximum Gasteiger partial charge on any atom is 0.225 e. The number of thioether (sulfide) groups is 1. The number of nitrogens with zero attached hydrogens (tertiary/aromatic N) is 2. The first-order chi connectivity index (χ1) is 13.2. The third kappa shape index (κ3) is 5.16. The second-order valence-electron chi connectivity index (χ2n) is 5.68. The van der Waals surface area contributed by atoms with E-state index < -0.39 is 0 Å². The van der Waals surface area contributed by atoms with Gasteiger partial charge in [0.05, 0.1) is 11.3 Å². The molecular weight excluding hydrogens is 361 g/mol. The zero-order valence-electron chi connectivity index (χ0n) is 14.4. The molecule has 0 bridgehead atoms. The Morgan fingerprint density at radius 2 is 1.81 bits per heavy atom. The average molecular weight is 377 g/mol. The topological polar surface area (TPSA) is 65.8 Å². The van der Waals surface area contributed by atoms with Gasteiger partial charge in [-0.3, -0.25) is 4.79 Å². The number of anilines is 1. The number of nitrogens with one attached hydrogen (secondary N) is 1. The van der Waals surface area contributed by atoms with Crippen molar-refractivity contribution in [2.45, 2.75) is 11.4 Å². The largest absolute Gasteiger partial charge is 0.326 e. The summed E-state index contributed by atoms with van der Waals surface area (Å²) in [6, 6.07) is 21.0. The van der Waals surface area contributed by atoms with Gasteiger partial charge in [-0.15, -0.1) is 11.8 Å². The van der Waals surface area contributed by atoms with Crippen molar-refractivity contribution in [1.82, 2.24) is 4.98 Å². The molecule has 1 amide bonds. The van der Waals surface area contributed by atoms with E-state index in [-0.39, 0.29) is 18.1 Å². The molecule has 0 atom stereocenters. The molecule has 0 radical (unpaired) electrons. The molecule has 4 nitrogen and oxygen atoms in total. The van der Waals surface area contributed by atoms with Gasteiger partial charge >= 0.3 is 0 Å². The number of rotatable bonds is 6. The molecule has 1 N–H and O–H groups in total. The summed E-state index contributed by atoms with van der Waals surface area (Å²) in [6.45, 7) is 0. The van der Waals surface area contributed by atoms with Crippen molar-refractivity contribution in [2.24, 2.45) is 0 Å². The van der Waals surface area contributed by atoms with Gasteiger partial charge in [0.25, 0.3) is 0 Å². The van der Waals surface area contributed by atoms with E-state index in [1.165, 1.54) is 36.0 Å². The van der Waals surface area contributed by atoms with Gasteiger partial charge in [-0.05, 0) is 36.4 Å². The SMILES string of the molecule is N#Cc1ccc(-c2ccccc2)nc1SCCC(=O)Nc1ccc(F)cc1. The van der Waals surface area contributed by atoms with Crippen LogP contribution in [0, 0.1) is 17.1 Å². The summed E-state index contributed by atoms with van der Waals surface area (Å²) in [4.78, 5) is 16.6. The van der Waals surface area contributed by atoms with Crippen LogP contribution in [0.4, 0.5) is 10.1 Å². The van der Waals surface area contributed by atoms with Crippen LogP contribution in [-0.2, 0) is 4.79 Å². The minimum atomic E-state index is -0.350. The molecule has 3 aromatic rings. The maximum absolute atomic E-state index is 12.9. The molecule has 27 heavy (non-hydrogen) atoms. The van der Waals surface area contributed by atoms with Gasteiger partial charge in [-0.25, -0.2) is 9.37 Å². The number of amides is 1. The van der Waals surface area contributed by atoms with E-state index in [0.717, 1.165) is 11.3 Å². The molecule has 2 aromatic carbocycles. The predicted molar refractivity (Wildman–Crippen MR) is 105 cm³/mol. The van der Waals surface area contributed by atoms with Crippen molar-refractivity contribution in [3.8, 4) is 17.3 Å². The normalized spacial score (nSPS) is 10.2. The number of pyridine rings is 1. The zero-order chi connectivity index (χ0) is 19.1. The van der Waals surface area contributed by atoms with Crippen molar-refractivity contribution < 1.29 is 9.18 Å². The molecule has 0 spiro atoms. The predicted octanol–water partition coefficient (Wildman–Crippen LogP) is 4.88. The third-order valence-electron chi connectivity index (χ3n) is 3.75. The van der Waals surface area contributed by atoms with Crippen LogP contribution in [0.25, 0.3) is 11.3 Å². The lowest BCUT2D eigenvalue weighted by molar-refractivity contribution is -0.115. The van der Waals surface area contributed by atoms with Crippen LogP contribution in [0.15, 0.2) is 71.8 Å². The van der Waals surface area contributed by atoms with Crippen LogP contribution in [0.3, 0.4) is 0 Å². The van der Waals surface area contributed by atoms with Gasteiger partial charge in [-0.1, -0.05) is 30.3 Å². The zero-order valence-corrected chi connectivity index (χ0v) is 15.2. The summed E-state index contributed by atoms with van der Waals surface area (Å²) < 4.78 is 12.9. The summed E-state index contributed by atoms with van der Waals surface area (Å²) in [5.74, 6) is -0.0452. The van der Waals surface area contributed by atoms with Crippen LogP contribution in [0.5, 0.6) is 0 Å². The van der Waals surface area contributed by atoms with Crippen LogP contribution in [0.1, 0.15) is 12.0 Å². The first kappa shape index (κ1) is 18.6. The molecule has 0 aliphatic rings. The van der Waals surface area contributed by atoms with E-state index in [1.807, 2.05) is 36.4 Å². The quantitative estimate of drug-likeness (QED) is 0.622. The first-order valence-corrected chi connectivity index (χ1v) is 9.29. The summed E-state index contributed by atoms with van der Waals surface area (Å²) in [5, 5.41) is 12.6. The Morgan fingerprint density at radius 3 is 2.52 bits per heavy atom. The second-order valence-corrected chi connectivity index (χ2v) is 6.76. The molecule has 1 aromatic heterocycles. The Bertz CT molecular complexity index is 969. The highest BCUT2D eigenvalue weighted by atomic mass is 32.2. The van der Waals surface area contributed by atoms with Crippen molar-refractivity contribution in [1.29, 1.82) is 5.26 Å². The van der Waals surface area contributed by atoms with Crippen LogP contribution in [0.2, 0.25) is 0 Å². The molecule has 6 heteroatoms. The van der Waals surface area contributed by atoms with E-state index in [1.54, 1.807) is 6.07 Å². The number of nitriles is 1. The van der Waals surface area contributed by atoms with Gasteiger partial charge < -0.3 is 5.32 Å². The summed E-state index contributed by atoms with van der Waals surface area (Å²) >= 11 is 1.37. The Balaban J connectivity index is 1.62. The Hall–Kier alpha value is -3.17. The van der Waals surface area contributed by atoms with Crippen LogP contribution < -0.4 is 5.32 Å². The number of carbonyl (C=O) groups is 1. The van der Waals surface area contributed by atoms with Crippen LogP contribution >= 0.6 is 11.8 Å². The molecule has 134 valence electrons. The number of carbonyl (C=O) groups excluding carboxylic acids is 1. The van der Waals surface area contributed by atoms with Crippen molar-refractivity contribution in [3.05, 3.63) is 78.1 Å². The smallest absolute Gasteiger partial charge is 0.225 e. The fourth-order valence-electron chi connectivity index (χ4n) is 2.40. The van der Waals surface area contributed by atoms with Crippen molar-refractivity contribution >= 4 is 23.4 Å². The van der Waals surface area contributed by atoms with Gasteiger partial charge in [0.1, 0.15) is 16.9 Å². The summed E-state index contributed by atoms with van der Waals surface area (Å²) in [6.07, 6.45) is 0.254. The number of hydrogen-bond acceptors (Lipinski definition) is 4. The van der Waals surface area contributed by atoms with E-state index in [0.29, 0.717) is 22.0 Å². The number of aromatic nitrogens is 1. The molecule has 0 unspecified atom stereocenters. The van der Waals surface area contributed by atoms with Crippen molar-refractivity contribution in [2.75, 3.05) is 11.1 Å². The van der Waals surface area contributed by atoms with E-state index in [2.05, 4.69) is 16.4 Å². The molecular formula is C21H16FN3OS. The monoisotopic (exact) mass is 377 g/mol. The Morgan fingerprint density at radius 1 is 1.07 bits per heavy atom. The van der Waals surface area contributed by atoms with Gasteiger partial charge in [0, 0.05) is 23.4 Å². The fourth-order valence-corrected chi connectivity index (χ4v) is 3.32. The number of hydrogen-bond donors (Lipinski definition) is 1. The van der Waals surface area contributed by atoms with Crippen molar-refractivity contribution in [3.63, 3.8) is 0 Å². The van der Waals surface area contributed by atoms with Gasteiger partial charge in [-0.2, -0.15) is 5.26 Å². The minimum absolute atomic E-state index is 0.174. The highest BCUT2D eigenvalue weighted by molar-refractivity contribution is 7.99. The highest BCUT2D eigenvalue weighted by Crippen LogP contribution is 2.25. The molecule has 0 saturated carbocycles. The molecule has 1 heterocycles. The molecule has 0 fully saturated rings. The molecule has 3 rings (SSSR count). The fraction of sp³-hybridized carbons (Fsp3) is 0.0952. The van der Waals surface area contributed by atoms with Crippen LogP contribution in [-0.4, -0.2) is 16.6 Å². The Labute approximate surface area is 161 Å². The molecule has 0 aliphatic heterocycles. The van der Waals surface area contributed by atoms with E-state index in [9.17, 15) is 14.4 Å². The highest BCUT2D eigenvalue weighted by Gasteiger charge is 2.09. The van der Waals surface area contributed by atoms with Gasteiger partial charge in [0.15, 0.2) is 0 Å². The maximum atomic E-state index is 12.9. The third-order valence-corrected chi connectivity index (χ3v) is 4.74. The van der Waals surface area contributed by atoms with E-state index >= 15 is 0 Å². The summed E-state index contributed by atoms with van der Waals surface area (Å²) in [5.41, 5.74) is 2.79. The Kier molecular flexibility index (Phi) is 6.18. The summed E-state index contributed by atoms with van der Waals surface area (Å²) in [7, 11) is 0. The number of benzene rings is 2. The lowest BCUT2D eigenvalue weighted by Crippen LogP contribution is -2.12. The van der Waals surface area contributed by atoms with Gasteiger partial charge in [0.2, 0.25) is 5.91 Å². The van der Waals surface area contributed by atoms with E-state index in [4.69, 9.17) is 0 Å². The lowest BCUT2D eigenvalue weighted by Gasteiger charge is -2.07. The average Bonchev–Trinajstić information content (AvgIpc) is 2.70. The lowest BCUT2D eigenvalue weighted by atomic mass is 10.1. The molecule has 0 saturated heterocycles. The number of halogens is 1. The second kappa shape index (κ2) is 8.97.